The van der Waals surface area contributed by atoms with Crippen LogP contribution in [-0.4, -0.2) is 236 Å². The summed E-state index contributed by atoms with van der Waals surface area (Å²) in [5, 5.41) is 28.5. The molecule has 492 valence electrons. The van der Waals surface area contributed by atoms with E-state index in [9.17, 15) is 72.2 Å². The predicted molar refractivity (Wildman–Crippen MR) is 333 cm³/mol. The third kappa shape index (κ3) is 26.2. The molecule has 0 saturated carbocycles. The summed E-state index contributed by atoms with van der Waals surface area (Å²) in [6.07, 6.45) is 8.34. The van der Waals surface area contributed by atoms with Crippen LogP contribution in [0.3, 0.4) is 0 Å². The molecular weight excluding hydrogens is 1200 g/mol. The number of nitrogens with zero attached hydrogens (tertiary/aromatic N) is 5. The van der Waals surface area contributed by atoms with Crippen molar-refractivity contribution in [3.8, 4) is 12.3 Å². The molecule has 3 fully saturated rings. The summed E-state index contributed by atoms with van der Waals surface area (Å²) >= 11 is 3.82. The highest BCUT2D eigenvalue weighted by molar-refractivity contribution is 7.99. The second kappa shape index (κ2) is 38.7. The lowest BCUT2D eigenvalue weighted by Crippen LogP contribution is -2.60. The first-order valence-corrected chi connectivity index (χ1v) is 33.6. The number of hydrogen-bond donors (Lipinski definition) is 8. The predicted octanol–water partition coefficient (Wildman–Crippen LogP) is 0.138. The van der Waals surface area contributed by atoms with Crippen LogP contribution < -0.4 is 37.2 Å². The van der Waals surface area contributed by atoms with Crippen molar-refractivity contribution >= 4 is 118 Å². The molecule has 0 aromatic rings. The quantitative estimate of drug-likeness (QED) is 0.0514. The van der Waals surface area contributed by atoms with Crippen molar-refractivity contribution in [2.75, 3.05) is 74.7 Å². The van der Waals surface area contributed by atoms with Crippen LogP contribution in [0.5, 0.6) is 0 Å². The van der Waals surface area contributed by atoms with Gasteiger partial charge in [-0.05, 0) is 76.9 Å². The number of nitrogens with one attached hydrogen (secondary N) is 7. The molecule has 0 aromatic carbocycles. The van der Waals surface area contributed by atoms with Crippen molar-refractivity contribution in [1.82, 2.24) is 61.7 Å². The lowest BCUT2D eigenvalue weighted by molar-refractivity contribution is -0.158. The molecule has 8 N–H and O–H groups in total. The van der Waals surface area contributed by atoms with Gasteiger partial charge in [0.2, 0.25) is 70.9 Å². The van der Waals surface area contributed by atoms with E-state index < -0.39 is 126 Å². The third-order valence-corrected chi connectivity index (χ3v) is 17.3. The Labute approximate surface area is 529 Å². The maximum atomic E-state index is 14.8. The van der Waals surface area contributed by atoms with Gasteiger partial charge in [0.05, 0.1) is 26.0 Å². The van der Waals surface area contributed by atoms with Crippen LogP contribution in [0, 0.1) is 17.8 Å². The smallest absolute Gasteiger partial charge is 0.303 e. The number of aliphatic carboxylic acids is 1. The largest absolute Gasteiger partial charge is 0.481 e. The second-order valence-electron chi connectivity index (χ2n) is 23.2. The van der Waals surface area contributed by atoms with Gasteiger partial charge in [0.1, 0.15) is 48.6 Å². The van der Waals surface area contributed by atoms with E-state index in [2.05, 4.69) is 43.1 Å². The first kappa shape index (κ1) is 75.6. The van der Waals surface area contributed by atoms with Crippen LogP contribution in [0.25, 0.3) is 0 Å². The number of carbonyl (C=O) groups excluding carboxylic acids is 13. The Balaban J connectivity index is 2.08. The van der Waals surface area contributed by atoms with Gasteiger partial charge in [-0.2, -0.15) is 35.3 Å². The van der Waals surface area contributed by atoms with Crippen LogP contribution in [0.2, 0.25) is 0 Å². The average Bonchev–Trinajstić information content (AvgIpc) is 2.16. The van der Waals surface area contributed by atoms with E-state index in [1.807, 2.05) is 27.0 Å². The van der Waals surface area contributed by atoms with Gasteiger partial charge in [-0.15, -0.1) is 12.3 Å². The second-order valence-corrected chi connectivity index (χ2v) is 26.5. The molecule has 3 aliphatic heterocycles. The molecule has 2 bridgehead atoms. The molecule has 27 nitrogen and oxygen atoms in total. The Morgan fingerprint density at radius 2 is 1.41 bits per heavy atom. The van der Waals surface area contributed by atoms with E-state index in [-0.39, 0.29) is 138 Å². The van der Waals surface area contributed by atoms with Crippen molar-refractivity contribution in [1.29, 1.82) is 0 Å². The number of thioether (sulfide) groups is 3. The number of unbranched alkanes of at least 4 members (excludes halogenated alkanes) is 1. The molecule has 3 rings (SSSR count). The van der Waals surface area contributed by atoms with E-state index in [1.165, 1.54) is 68.8 Å². The van der Waals surface area contributed by atoms with Crippen LogP contribution in [-0.2, 0) is 67.1 Å². The first-order chi connectivity index (χ1) is 41.6. The average molecular weight is 1290 g/mol. The van der Waals surface area contributed by atoms with E-state index in [4.69, 9.17) is 6.42 Å². The number of carbonyl (C=O) groups is 14. The summed E-state index contributed by atoms with van der Waals surface area (Å²) in [6.45, 7) is 11.2. The number of rotatable bonds is 18. The number of carboxylic acids is 1. The van der Waals surface area contributed by atoms with Gasteiger partial charge in [0.15, 0.2) is 0 Å². The molecule has 0 unspecified atom stereocenters. The molecule has 0 aliphatic carbocycles. The molecule has 3 saturated heterocycles. The Morgan fingerprint density at radius 1 is 0.773 bits per heavy atom. The zero-order valence-corrected chi connectivity index (χ0v) is 54.5. The van der Waals surface area contributed by atoms with Gasteiger partial charge >= 0.3 is 5.97 Å². The van der Waals surface area contributed by atoms with Crippen molar-refractivity contribution in [2.45, 2.75) is 187 Å². The Morgan fingerprint density at radius 3 is 2.00 bits per heavy atom. The molecule has 12 amide bonds. The number of hydrogen-bond acceptors (Lipinski definition) is 17. The van der Waals surface area contributed by atoms with E-state index >= 15 is 0 Å². The first-order valence-electron chi connectivity index (χ1n) is 29.9. The fourth-order valence-corrected chi connectivity index (χ4v) is 12.1. The van der Waals surface area contributed by atoms with E-state index in [0.29, 0.717) is 31.3 Å². The molecule has 0 radical (unpaired) electrons. The third-order valence-electron chi connectivity index (χ3n) is 14.5. The van der Waals surface area contributed by atoms with Crippen LogP contribution in [0.1, 0.15) is 138 Å². The monoisotopic (exact) mass is 1290 g/mol. The van der Waals surface area contributed by atoms with Gasteiger partial charge in [0.25, 0.3) is 0 Å². The van der Waals surface area contributed by atoms with Gasteiger partial charge in [-0.3, -0.25) is 62.3 Å². The number of amides is 12. The van der Waals surface area contributed by atoms with E-state index in [1.54, 1.807) is 6.92 Å². The number of aldehydes is 1. The van der Waals surface area contributed by atoms with Crippen molar-refractivity contribution in [2.24, 2.45) is 5.41 Å². The SMILES string of the molecule is C#CCCC(=O)NCCCC[C@H]1NC(=O)[C@H](CCC(=O)O)NC(=O)[C@H](C)N(CCC)C(=O)[C@H](CC(C)(C)C)NC(=O)[C@@H](NC(C)=O)CSCCC(=O)N2CN(C(=O)CCSC)CN(C2)C(=O)CCSC[C@@H](C=O)NC(=O)[C@H](C)NC(=O)[C@@H]2CCCN2C1=O. The van der Waals surface area contributed by atoms with Crippen molar-refractivity contribution < 1.29 is 72.2 Å². The normalized spacial score (nSPS) is 24.5. The summed E-state index contributed by atoms with van der Waals surface area (Å²) in [4.78, 5) is 197. The molecular formula is C58H92N12O15S3. The summed E-state index contributed by atoms with van der Waals surface area (Å²) in [7, 11) is 0. The van der Waals surface area contributed by atoms with Crippen molar-refractivity contribution in [3.05, 3.63) is 0 Å². The summed E-state index contributed by atoms with van der Waals surface area (Å²) < 4.78 is 0. The zero-order chi connectivity index (χ0) is 65.7. The fraction of sp³-hybridized carbons (Fsp3) is 0.724. The topological polar surface area (TPSA) is 360 Å². The zero-order valence-electron chi connectivity index (χ0n) is 52.1. The fourth-order valence-electron chi connectivity index (χ4n) is 9.85. The molecule has 3 heterocycles. The lowest BCUT2D eigenvalue weighted by Gasteiger charge is -2.42. The highest BCUT2D eigenvalue weighted by atomic mass is 32.2. The Kier molecular flexibility index (Phi) is 33.3. The maximum absolute atomic E-state index is 14.8. The van der Waals surface area contributed by atoms with Gasteiger partial charge in [0, 0.05) is 93.8 Å². The van der Waals surface area contributed by atoms with Crippen LogP contribution in [0.4, 0.5) is 0 Å². The van der Waals surface area contributed by atoms with Crippen LogP contribution >= 0.6 is 35.3 Å². The molecule has 3 aliphatic rings. The number of carboxylic acid groups (broad SMARTS) is 1. The van der Waals surface area contributed by atoms with Gasteiger partial charge in [-0.25, -0.2) is 0 Å². The minimum Gasteiger partial charge on any atom is -0.481 e. The summed E-state index contributed by atoms with van der Waals surface area (Å²) in [6, 6.07) is -10.2. The Hall–Kier alpha value is -6.61. The molecule has 8 atom stereocenters. The molecule has 88 heavy (non-hydrogen) atoms. The highest BCUT2D eigenvalue weighted by Crippen LogP contribution is 2.25. The van der Waals surface area contributed by atoms with Gasteiger partial charge < -0.3 is 71.6 Å². The minimum atomic E-state index is -1.59. The number of fused-ring (bicyclic) bond motifs is 3. The minimum absolute atomic E-state index is 0.0190. The van der Waals surface area contributed by atoms with Gasteiger partial charge in [-0.1, -0.05) is 27.7 Å². The Bertz CT molecular complexity index is 2520. The van der Waals surface area contributed by atoms with E-state index in [0.717, 1.165) is 11.8 Å². The molecule has 0 aromatic heterocycles. The van der Waals surface area contributed by atoms with Crippen molar-refractivity contribution in [3.63, 3.8) is 0 Å². The summed E-state index contributed by atoms with van der Waals surface area (Å²) in [5.41, 5.74) is -0.607. The standard InChI is InChI=1S/C58H92N12O15S3/c1-10-12-18-46(73)59-24-14-13-16-42-56(84)70-26-15-17-45(70)55(83)60-37(3)51(79)62-40(31-71)32-87-28-22-48(75)67-34-66(47(74)21-27-86-9)35-68(36-67)49(76)23-29-88-33-44(61-39(5)72)54(82)65-43(30-58(6,7)8)57(85)69(25-11-2)38(4)52(80)63-41(53(81)64-42)19-20-50(77)78/h1,31,37-38,40-45H,11-30,32-36H2,2-9H3,(H,59,73)(H,60,83)(H,61,72)(H,62,79)(H,63,80)(H,64,81)(H,65,82)(H,77,78)/t37-,38-,40+,41-,42+,43-,44-,45-/m0/s1. The number of terminal acetylenes is 1. The maximum Gasteiger partial charge on any atom is 0.303 e. The molecule has 30 heteroatoms. The lowest BCUT2D eigenvalue weighted by atomic mass is 9.87. The van der Waals surface area contributed by atoms with Crippen LogP contribution in [0.15, 0.2) is 0 Å². The highest BCUT2D eigenvalue weighted by Gasteiger charge is 2.41. The summed E-state index contributed by atoms with van der Waals surface area (Å²) in [5.74, 6) is -5.36. The molecule has 0 spiro atoms.